The van der Waals surface area contributed by atoms with Gasteiger partial charge in [0.15, 0.2) is 12.4 Å². The van der Waals surface area contributed by atoms with Crippen LogP contribution < -0.4 is 10.1 Å². The van der Waals surface area contributed by atoms with E-state index >= 15 is 0 Å². The number of aryl methyl sites for hydroxylation is 1. The van der Waals surface area contributed by atoms with E-state index < -0.39 is 5.82 Å². The lowest BCUT2D eigenvalue weighted by molar-refractivity contribution is -0.164. The van der Waals surface area contributed by atoms with Gasteiger partial charge in [-0.3, -0.25) is 9.59 Å². The zero-order valence-electron chi connectivity index (χ0n) is 14.7. The van der Waals surface area contributed by atoms with E-state index in [9.17, 15) is 14.0 Å². The van der Waals surface area contributed by atoms with Gasteiger partial charge in [0.05, 0.1) is 16.3 Å². The molecule has 2 bridgehead atoms. The number of amides is 1. The Morgan fingerprint density at radius 2 is 2.11 bits per heavy atom. The third-order valence-electron chi connectivity index (χ3n) is 5.39. The Balaban J connectivity index is 1.24. The van der Waals surface area contributed by atoms with Crippen LogP contribution in [0.4, 0.5) is 4.39 Å². The van der Waals surface area contributed by atoms with Crippen LogP contribution in [0, 0.1) is 18.2 Å². The predicted molar refractivity (Wildman–Crippen MR) is 94.3 cm³/mol. The number of benzene rings is 1. The Bertz CT molecular complexity index is 906. The summed E-state index contributed by atoms with van der Waals surface area (Å²) in [5, 5.41) is 6.71. The Morgan fingerprint density at radius 3 is 2.74 bits per heavy atom. The number of ketones is 1. The maximum Gasteiger partial charge on any atom is 0.258 e. The third kappa shape index (κ3) is 3.32. The van der Waals surface area contributed by atoms with Crippen molar-refractivity contribution in [2.24, 2.45) is 5.41 Å². The maximum atomic E-state index is 13.4. The van der Waals surface area contributed by atoms with E-state index in [-0.39, 0.29) is 40.0 Å². The SMILES string of the molecule is Cc1nocc1C(=O)CC12CC(NC(=O)COc3ccc(Cl)c(F)c3)(C1)C2. The largest absolute Gasteiger partial charge is 0.484 e. The Labute approximate surface area is 160 Å². The van der Waals surface area contributed by atoms with Crippen molar-refractivity contribution < 1.29 is 23.2 Å². The van der Waals surface area contributed by atoms with Gasteiger partial charge in [0.25, 0.3) is 5.91 Å². The summed E-state index contributed by atoms with van der Waals surface area (Å²) < 4.78 is 23.5. The number of ether oxygens (including phenoxy) is 1. The topological polar surface area (TPSA) is 81.4 Å². The fourth-order valence-corrected chi connectivity index (χ4v) is 4.48. The van der Waals surface area contributed by atoms with Gasteiger partial charge in [-0.2, -0.15) is 0 Å². The Hall–Kier alpha value is -2.41. The van der Waals surface area contributed by atoms with Gasteiger partial charge in [-0.05, 0) is 43.7 Å². The number of halogens is 2. The number of rotatable bonds is 7. The molecule has 1 amide bonds. The fourth-order valence-electron chi connectivity index (χ4n) is 4.36. The molecule has 0 aliphatic heterocycles. The number of hydrogen-bond acceptors (Lipinski definition) is 5. The summed E-state index contributed by atoms with van der Waals surface area (Å²) in [7, 11) is 0. The molecule has 3 aliphatic rings. The standard InChI is InChI=1S/C19H18ClFN2O4/c1-11-13(6-27-23-11)16(24)5-18-8-19(9-18,10-18)22-17(25)7-26-12-2-3-14(20)15(21)4-12/h2-4,6H,5,7-10H2,1H3,(H,22,25). The zero-order chi connectivity index (χ0) is 19.2. The van der Waals surface area contributed by atoms with Gasteiger partial charge in [0.2, 0.25) is 0 Å². The molecule has 1 N–H and O–H groups in total. The second-order valence-electron chi connectivity index (χ2n) is 7.64. The highest BCUT2D eigenvalue weighted by Gasteiger charge is 2.68. The van der Waals surface area contributed by atoms with Crippen LogP contribution in [0.5, 0.6) is 5.75 Å². The molecule has 1 aromatic heterocycles. The average molecular weight is 393 g/mol. The van der Waals surface area contributed by atoms with E-state index in [1.54, 1.807) is 6.92 Å². The Morgan fingerprint density at radius 1 is 1.37 bits per heavy atom. The van der Waals surface area contributed by atoms with E-state index in [1.807, 2.05) is 0 Å². The van der Waals surface area contributed by atoms with Crippen LogP contribution in [0.1, 0.15) is 41.7 Å². The summed E-state index contributed by atoms with van der Waals surface area (Å²) in [5.74, 6) is -0.583. The number of Topliss-reactive ketones (excluding diaryl/α,β-unsaturated/α-hetero) is 1. The maximum absolute atomic E-state index is 13.4. The van der Waals surface area contributed by atoms with Crippen molar-refractivity contribution in [1.82, 2.24) is 10.5 Å². The minimum absolute atomic E-state index is 0.00177. The van der Waals surface area contributed by atoms with Crippen molar-refractivity contribution in [3.8, 4) is 5.75 Å². The minimum Gasteiger partial charge on any atom is -0.484 e. The van der Waals surface area contributed by atoms with Crippen LogP contribution in [0.2, 0.25) is 5.02 Å². The molecule has 3 aliphatic carbocycles. The molecule has 2 aromatic rings. The molecular weight excluding hydrogens is 375 g/mol. The second-order valence-corrected chi connectivity index (χ2v) is 8.04. The van der Waals surface area contributed by atoms with E-state index in [4.69, 9.17) is 20.9 Å². The molecule has 0 radical (unpaired) electrons. The average Bonchev–Trinajstić information content (AvgIpc) is 2.99. The summed E-state index contributed by atoms with van der Waals surface area (Å²) in [5.41, 5.74) is 0.857. The van der Waals surface area contributed by atoms with Gasteiger partial charge in [-0.1, -0.05) is 16.8 Å². The molecule has 142 valence electrons. The lowest BCUT2D eigenvalue weighted by Crippen LogP contribution is -2.75. The first-order chi connectivity index (χ1) is 12.8. The van der Waals surface area contributed by atoms with E-state index in [1.165, 1.54) is 18.4 Å². The number of nitrogens with zero attached hydrogens (tertiary/aromatic N) is 1. The first-order valence-corrected chi connectivity index (χ1v) is 9.01. The van der Waals surface area contributed by atoms with E-state index in [0.717, 1.165) is 25.3 Å². The molecule has 6 nitrogen and oxygen atoms in total. The summed E-state index contributed by atoms with van der Waals surface area (Å²) in [6, 6.07) is 4.03. The van der Waals surface area contributed by atoms with Crippen molar-refractivity contribution in [1.29, 1.82) is 0 Å². The number of hydrogen-bond donors (Lipinski definition) is 1. The van der Waals surface area contributed by atoms with Crippen LogP contribution in [0.15, 0.2) is 29.0 Å². The van der Waals surface area contributed by atoms with Crippen molar-refractivity contribution >= 4 is 23.3 Å². The van der Waals surface area contributed by atoms with Crippen molar-refractivity contribution in [3.05, 3.63) is 46.6 Å². The van der Waals surface area contributed by atoms with Gasteiger partial charge >= 0.3 is 0 Å². The normalized spacial score (nSPS) is 25.3. The van der Waals surface area contributed by atoms with Crippen molar-refractivity contribution in [2.45, 2.75) is 38.1 Å². The monoisotopic (exact) mass is 392 g/mol. The highest BCUT2D eigenvalue weighted by atomic mass is 35.5. The molecule has 5 rings (SSSR count). The molecular formula is C19H18ClFN2O4. The molecule has 3 saturated carbocycles. The summed E-state index contributed by atoms with van der Waals surface area (Å²) in [4.78, 5) is 24.5. The fraction of sp³-hybridized carbons (Fsp3) is 0.421. The van der Waals surface area contributed by atoms with Crippen molar-refractivity contribution in [3.63, 3.8) is 0 Å². The highest BCUT2D eigenvalue weighted by Crippen LogP contribution is 2.69. The molecule has 3 fully saturated rings. The van der Waals surface area contributed by atoms with Crippen molar-refractivity contribution in [2.75, 3.05) is 6.61 Å². The molecule has 0 unspecified atom stereocenters. The van der Waals surface area contributed by atoms with Crippen LogP contribution in [0.3, 0.4) is 0 Å². The summed E-state index contributed by atoms with van der Waals surface area (Å²) in [6.07, 6.45) is 4.15. The quantitative estimate of drug-likeness (QED) is 0.730. The predicted octanol–water partition coefficient (Wildman–Crippen LogP) is 3.47. The molecule has 0 atom stereocenters. The zero-order valence-corrected chi connectivity index (χ0v) is 15.4. The van der Waals surface area contributed by atoms with Gasteiger partial charge in [-0.25, -0.2) is 4.39 Å². The molecule has 1 aromatic carbocycles. The van der Waals surface area contributed by atoms with E-state index in [0.29, 0.717) is 17.7 Å². The molecule has 27 heavy (non-hydrogen) atoms. The van der Waals surface area contributed by atoms with Gasteiger partial charge in [-0.15, -0.1) is 0 Å². The van der Waals surface area contributed by atoms with Gasteiger partial charge < -0.3 is 14.6 Å². The summed E-state index contributed by atoms with van der Waals surface area (Å²) >= 11 is 5.61. The lowest BCUT2D eigenvalue weighted by atomic mass is 9.38. The van der Waals surface area contributed by atoms with Crippen LogP contribution >= 0.6 is 11.6 Å². The van der Waals surface area contributed by atoms with Crippen LogP contribution in [-0.2, 0) is 4.79 Å². The first kappa shape index (κ1) is 18.0. The smallest absolute Gasteiger partial charge is 0.258 e. The number of aromatic nitrogens is 1. The minimum atomic E-state index is -0.594. The molecule has 1 heterocycles. The van der Waals surface area contributed by atoms with Gasteiger partial charge in [0, 0.05) is 18.0 Å². The second kappa shape index (κ2) is 6.34. The molecule has 8 heteroatoms. The molecule has 0 saturated heterocycles. The van der Waals surface area contributed by atoms with Crippen LogP contribution in [0.25, 0.3) is 0 Å². The first-order valence-electron chi connectivity index (χ1n) is 8.63. The summed E-state index contributed by atoms with van der Waals surface area (Å²) in [6.45, 7) is 1.54. The number of nitrogens with one attached hydrogen (secondary N) is 1. The Kier molecular flexibility index (Phi) is 4.22. The van der Waals surface area contributed by atoms with Gasteiger partial charge in [0.1, 0.15) is 17.8 Å². The highest BCUT2D eigenvalue weighted by molar-refractivity contribution is 6.30. The van der Waals surface area contributed by atoms with Crippen LogP contribution in [-0.4, -0.2) is 29.0 Å². The molecule has 0 spiro atoms. The third-order valence-corrected chi connectivity index (χ3v) is 5.70. The van der Waals surface area contributed by atoms with E-state index in [2.05, 4.69) is 10.5 Å². The number of carbonyl (C=O) groups excluding carboxylic acids is 2. The number of carbonyl (C=O) groups is 2. The lowest BCUT2D eigenvalue weighted by Gasteiger charge is -2.70.